The van der Waals surface area contributed by atoms with Crippen molar-refractivity contribution >= 4 is 55.0 Å². The van der Waals surface area contributed by atoms with E-state index in [1.54, 1.807) is 24.3 Å². The van der Waals surface area contributed by atoms with Gasteiger partial charge < -0.3 is 10.8 Å². The van der Waals surface area contributed by atoms with Crippen LogP contribution in [0, 0.1) is 11.3 Å². The molecule has 0 saturated carbocycles. The largest absolute Gasteiger partial charge is 0.478 e. The molecule has 0 aliphatic heterocycles. The molecule has 5 nitrogen and oxygen atoms in total. The lowest BCUT2D eigenvalue weighted by Gasteiger charge is -2.17. The summed E-state index contributed by atoms with van der Waals surface area (Å²) in [6.45, 7) is 0. The van der Waals surface area contributed by atoms with Crippen LogP contribution in [0.3, 0.4) is 0 Å². The van der Waals surface area contributed by atoms with E-state index in [0.29, 0.717) is 16.3 Å². The Morgan fingerprint density at radius 2 is 1.32 bits per heavy atom. The smallest absolute Gasteiger partial charge is 0.336 e. The first kappa shape index (κ1) is 16.0. The van der Waals surface area contributed by atoms with Crippen LogP contribution in [0.1, 0.15) is 26.3 Å². The molecule has 0 radical (unpaired) electrons. The Morgan fingerprint density at radius 1 is 0.750 bits per heavy atom. The summed E-state index contributed by atoms with van der Waals surface area (Å²) in [7, 11) is 0. The van der Waals surface area contributed by atoms with E-state index in [9.17, 15) is 20.0 Å². The van der Waals surface area contributed by atoms with Crippen molar-refractivity contribution in [3.63, 3.8) is 0 Å². The molecule has 0 bridgehead atoms. The predicted molar refractivity (Wildman–Crippen MR) is 108 cm³/mol. The van der Waals surface area contributed by atoms with Gasteiger partial charge in [-0.2, -0.15) is 5.26 Å². The van der Waals surface area contributed by atoms with Crippen LogP contribution in [-0.4, -0.2) is 17.0 Å². The zero-order chi connectivity index (χ0) is 19.6. The van der Waals surface area contributed by atoms with Gasteiger partial charge in [0.05, 0.1) is 17.2 Å². The van der Waals surface area contributed by atoms with Crippen LogP contribution in [0.25, 0.3) is 43.1 Å². The second-order valence-corrected chi connectivity index (χ2v) is 6.74. The maximum absolute atomic E-state index is 12.0. The molecule has 0 aliphatic carbocycles. The number of hydrogen-bond acceptors (Lipinski definition) is 3. The normalized spacial score (nSPS) is 11.4. The van der Waals surface area contributed by atoms with Crippen molar-refractivity contribution in [1.29, 1.82) is 5.26 Å². The summed E-state index contributed by atoms with van der Waals surface area (Å²) in [5, 5.41) is 25.5. The molecule has 5 aromatic rings. The number of carbonyl (C=O) groups is 2. The Morgan fingerprint density at radius 3 is 1.96 bits per heavy atom. The Bertz CT molecular complexity index is 1460. The monoisotopic (exact) mass is 364 g/mol. The quantitative estimate of drug-likeness (QED) is 0.358. The molecule has 0 aliphatic rings. The minimum atomic E-state index is -1.12. The number of amides is 1. The van der Waals surface area contributed by atoms with E-state index in [-0.39, 0.29) is 11.1 Å². The fourth-order valence-electron chi connectivity index (χ4n) is 4.28. The molecule has 5 heteroatoms. The minimum absolute atomic E-state index is 0.0404. The van der Waals surface area contributed by atoms with Crippen LogP contribution >= 0.6 is 0 Å². The van der Waals surface area contributed by atoms with Gasteiger partial charge in [0.2, 0.25) is 5.91 Å². The van der Waals surface area contributed by atoms with Crippen molar-refractivity contribution in [3.05, 3.63) is 71.3 Å². The van der Waals surface area contributed by atoms with E-state index in [1.165, 1.54) is 6.07 Å². The number of aromatic carboxylic acids is 1. The van der Waals surface area contributed by atoms with Crippen LogP contribution in [0.4, 0.5) is 0 Å². The van der Waals surface area contributed by atoms with Gasteiger partial charge in [0, 0.05) is 16.3 Å². The van der Waals surface area contributed by atoms with Crippen LogP contribution in [0.5, 0.6) is 0 Å². The van der Waals surface area contributed by atoms with Crippen LogP contribution < -0.4 is 5.73 Å². The summed E-state index contributed by atoms with van der Waals surface area (Å²) in [5.74, 6) is -1.79. The molecule has 0 spiro atoms. The molecular weight excluding hydrogens is 352 g/mol. The average molecular weight is 364 g/mol. The lowest BCUT2D eigenvalue weighted by Crippen LogP contribution is -2.13. The van der Waals surface area contributed by atoms with E-state index in [0.717, 1.165) is 32.3 Å². The third kappa shape index (κ3) is 1.89. The second-order valence-electron chi connectivity index (χ2n) is 6.74. The molecule has 0 atom stereocenters. The molecule has 0 fully saturated rings. The maximum Gasteiger partial charge on any atom is 0.336 e. The highest BCUT2D eigenvalue weighted by atomic mass is 16.4. The van der Waals surface area contributed by atoms with Gasteiger partial charge in [0.1, 0.15) is 0 Å². The molecule has 0 unspecified atom stereocenters. The van der Waals surface area contributed by atoms with E-state index < -0.39 is 11.9 Å². The Kier molecular flexibility index (Phi) is 3.10. The fourth-order valence-corrected chi connectivity index (χ4v) is 4.28. The standard InChI is InChI=1S/C23H12N2O3/c24-10-11-4-5-14-16-7-9-18(23(27)28)21-17(22(25)26)8-6-15(20(16)21)13-3-1-2-12(11)19(13)14/h1-9H,(H2,25,26)(H,27,28). The summed E-state index contributed by atoms with van der Waals surface area (Å²) in [4.78, 5) is 23.9. The van der Waals surface area contributed by atoms with E-state index in [2.05, 4.69) is 6.07 Å². The van der Waals surface area contributed by atoms with E-state index >= 15 is 0 Å². The highest BCUT2D eigenvalue weighted by Crippen LogP contribution is 2.42. The molecule has 0 saturated heterocycles. The lowest BCUT2D eigenvalue weighted by molar-refractivity contribution is 0.0699. The number of hydrogen-bond donors (Lipinski definition) is 2. The number of carboxylic acids is 1. The van der Waals surface area contributed by atoms with Crippen LogP contribution in [0.2, 0.25) is 0 Å². The third-order valence-corrected chi connectivity index (χ3v) is 5.40. The van der Waals surface area contributed by atoms with Crippen molar-refractivity contribution in [3.8, 4) is 6.07 Å². The Balaban J connectivity index is 2.18. The number of benzene rings is 5. The summed E-state index contributed by atoms with van der Waals surface area (Å²) < 4.78 is 0. The molecule has 1 amide bonds. The first-order chi connectivity index (χ1) is 13.5. The zero-order valence-corrected chi connectivity index (χ0v) is 14.5. The maximum atomic E-state index is 12.0. The molecule has 5 aromatic carbocycles. The highest BCUT2D eigenvalue weighted by Gasteiger charge is 2.21. The van der Waals surface area contributed by atoms with E-state index in [4.69, 9.17) is 5.73 Å². The first-order valence-corrected chi connectivity index (χ1v) is 8.62. The van der Waals surface area contributed by atoms with Gasteiger partial charge in [-0.1, -0.05) is 36.4 Å². The summed E-state index contributed by atoms with van der Waals surface area (Å²) in [6.07, 6.45) is 0. The zero-order valence-electron chi connectivity index (χ0n) is 14.5. The summed E-state index contributed by atoms with van der Waals surface area (Å²) >= 11 is 0. The van der Waals surface area contributed by atoms with Crippen molar-refractivity contribution in [2.45, 2.75) is 0 Å². The van der Waals surface area contributed by atoms with Gasteiger partial charge in [0.25, 0.3) is 0 Å². The number of nitrogens with zero attached hydrogens (tertiary/aromatic N) is 1. The number of fused-ring (bicyclic) bond motifs is 2. The average Bonchev–Trinajstić information content (AvgIpc) is 2.70. The van der Waals surface area contributed by atoms with Crippen molar-refractivity contribution in [2.24, 2.45) is 5.73 Å². The SMILES string of the molecule is N#Cc1ccc2c3ccc(C(=O)O)c4c(C(N)=O)ccc(c5cccc1c52)c43. The first-order valence-electron chi connectivity index (χ1n) is 8.62. The predicted octanol–water partition coefficient (Wildman–Crippen LogP) is 4.41. The fraction of sp³-hybridized carbons (Fsp3) is 0. The molecule has 132 valence electrons. The molecule has 28 heavy (non-hydrogen) atoms. The summed E-state index contributed by atoms with van der Waals surface area (Å²) in [5.41, 5.74) is 6.35. The number of carboxylic acid groups (broad SMARTS) is 1. The second kappa shape index (κ2) is 5.41. The van der Waals surface area contributed by atoms with Crippen molar-refractivity contribution in [2.75, 3.05) is 0 Å². The van der Waals surface area contributed by atoms with Gasteiger partial charge in [0.15, 0.2) is 0 Å². The molecule has 5 rings (SSSR count). The third-order valence-electron chi connectivity index (χ3n) is 5.40. The number of rotatable bonds is 2. The Hall–Kier alpha value is -4.17. The van der Waals surface area contributed by atoms with Crippen LogP contribution in [-0.2, 0) is 0 Å². The number of primary amides is 1. The summed E-state index contributed by atoms with van der Waals surface area (Å²) in [6, 6.07) is 18.2. The Labute approximate surface area is 158 Å². The molecule has 0 aromatic heterocycles. The lowest BCUT2D eigenvalue weighted by atomic mass is 9.85. The van der Waals surface area contributed by atoms with Crippen molar-refractivity contribution < 1.29 is 14.7 Å². The highest BCUT2D eigenvalue weighted by molar-refractivity contribution is 6.36. The van der Waals surface area contributed by atoms with Gasteiger partial charge in [-0.25, -0.2) is 4.79 Å². The number of carbonyl (C=O) groups excluding carboxylic acids is 1. The number of nitriles is 1. The van der Waals surface area contributed by atoms with Crippen molar-refractivity contribution in [1.82, 2.24) is 0 Å². The van der Waals surface area contributed by atoms with Gasteiger partial charge in [-0.15, -0.1) is 0 Å². The van der Waals surface area contributed by atoms with Gasteiger partial charge in [-0.3, -0.25) is 4.79 Å². The molecular formula is C23H12N2O3. The van der Waals surface area contributed by atoms with Crippen LogP contribution in [0.15, 0.2) is 54.6 Å². The molecule has 0 heterocycles. The minimum Gasteiger partial charge on any atom is -0.478 e. The van der Waals surface area contributed by atoms with Gasteiger partial charge in [-0.05, 0) is 50.5 Å². The number of nitrogens with two attached hydrogens (primary N) is 1. The topological polar surface area (TPSA) is 104 Å². The van der Waals surface area contributed by atoms with Gasteiger partial charge >= 0.3 is 5.97 Å². The molecule has 3 N–H and O–H groups in total. The van der Waals surface area contributed by atoms with E-state index in [1.807, 2.05) is 24.3 Å².